The van der Waals surface area contributed by atoms with Gasteiger partial charge in [-0.2, -0.15) is 0 Å². The monoisotopic (exact) mass is 344 g/mol. The Morgan fingerprint density at radius 3 is 2.42 bits per heavy atom. The van der Waals surface area contributed by atoms with Gasteiger partial charge in [-0.05, 0) is 43.5 Å². The largest absolute Gasteiger partial charge is 0.352 e. The average Bonchev–Trinajstić information content (AvgIpc) is 2.49. The molecule has 0 heterocycles. The molecule has 0 aliphatic rings. The van der Waals surface area contributed by atoms with Gasteiger partial charge in [0.05, 0.1) is 10.7 Å². The highest BCUT2D eigenvalue weighted by atomic mass is 35.5. The first-order valence-electron chi connectivity index (χ1n) is 7.74. The molecule has 0 radical (unpaired) electrons. The summed E-state index contributed by atoms with van der Waals surface area (Å²) < 4.78 is 0. The van der Waals surface area contributed by atoms with Gasteiger partial charge in [-0.3, -0.25) is 9.59 Å². The predicted molar refractivity (Wildman–Crippen MR) is 97.2 cm³/mol. The lowest BCUT2D eigenvalue weighted by atomic mass is 10.1. The highest BCUT2D eigenvalue weighted by Gasteiger charge is 2.13. The minimum absolute atomic E-state index is 0.241. The molecule has 0 spiro atoms. The van der Waals surface area contributed by atoms with E-state index in [-0.39, 0.29) is 18.2 Å². The van der Waals surface area contributed by atoms with Gasteiger partial charge in [-0.15, -0.1) is 0 Å². The van der Waals surface area contributed by atoms with Crippen LogP contribution in [0.3, 0.4) is 0 Å². The Balaban J connectivity index is 1.89. The summed E-state index contributed by atoms with van der Waals surface area (Å²) in [7, 11) is 0. The number of hydrogen-bond acceptors (Lipinski definition) is 2. The fourth-order valence-electron chi connectivity index (χ4n) is 2.49. The first kappa shape index (κ1) is 18.0. The van der Waals surface area contributed by atoms with Gasteiger partial charge in [0.1, 0.15) is 6.42 Å². The van der Waals surface area contributed by atoms with Gasteiger partial charge in [0.15, 0.2) is 0 Å². The maximum absolute atomic E-state index is 12.0. The van der Waals surface area contributed by atoms with Crippen molar-refractivity contribution >= 4 is 29.1 Å². The molecule has 0 saturated carbocycles. The third-order valence-electron chi connectivity index (χ3n) is 3.59. The quantitative estimate of drug-likeness (QED) is 0.808. The summed E-state index contributed by atoms with van der Waals surface area (Å²) in [5.74, 6) is -0.708. The Morgan fingerprint density at radius 2 is 1.75 bits per heavy atom. The molecule has 126 valence electrons. The number of nitrogens with one attached hydrogen (secondary N) is 2. The zero-order valence-electron chi connectivity index (χ0n) is 14.1. The molecule has 2 aromatic rings. The maximum atomic E-state index is 12.0. The Morgan fingerprint density at radius 1 is 1.00 bits per heavy atom. The van der Waals surface area contributed by atoms with Crippen LogP contribution in [0.15, 0.2) is 36.4 Å². The topological polar surface area (TPSA) is 58.2 Å². The predicted octanol–water partition coefficient (Wildman–Crippen LogP) is 3.91. The number of carbonyl (C=O) groups excluding carboxylic acids is 2. The van der Waals surface area contributed by atoms with E-state index in [9.17, 15) is 9.59 Å². The van der Waals surface area contributed by atoms with Crippen LogP contribution in [-0.2, 0) is 16.1 Å². The highest BCUT2D eigenvalue weighted by molar-refractivity contribution is 6.34. The van der Waals surface area contributed by atoms with Crippen molar-refractivity contribution in [2.45, 2.75) is 33.7 Å². The van der Waals surface area contributed by atoms with Crippen molar-refractivity contribution in [3.63, 3.8) is 0 Å². The number of halogens is 1. The van der Waals surface area contributed by atoms with Crippen LogP contribution >= 0.6 is 11.6 Å². The molecular formula is C19H21ClN2O2. The van der Waals surface area contributed by atoms with Crippen molar-refractivity contribution in [1.82, 2.24) is 5.32 Å². The van der Waals surface area contributed by atoms with Crippen LogP contribution in [0, 0.1) is 20.8 Å². The van der Waals surface area contributed by atoms with Crippen molar-refractivity contribution < 1.29 is 9.59 Å². The summed E-state index contributed by atoms with van der Waals surface area (Å²) in [5.41, 5.74) is 4.57. The van der Waals surface area contributed by atoms with E-state index in [2.05, 4.69) is 10.6 Å². The number of aryl methyl sites for hydroxylation is 3. The molecule has 0 atom stereocenters. The molecule has 0 aliphatic carbocycles. The van der Waals surface area contributed by atoms with Crippen molar-refractivity contribution in [3.05, 3.63) is 63.7 Å². The molecule has 4 nitrogen and oxygen atoms in total. The standard InChI is InChI=1S/C19H21ClN2O2/c1-12-5-4-6-15(8-12)11-21-17(23)10-18(24)22-19-14(3)7-13(2)9-16(19)20/h4-9H,10-11H2,1-3H3,(H,21,23)(H,22,24). The van der Waals surface area contributed by atoms with E-state index >= 15 is 0 Å². The maximum Gasteiger partial charge on any atom is 0.233 e. The lowest BCUT2D eigenvalue weighted by Gasteiger charge is -2.12. The summed E-state index contributed by atoms with van der Waals surface area (Å²) in [4.78, 5) is 24.0. The second kappa shape index (κ2) is 7.97. The summed E-state index contributed by atoms with van der Waals surface area (Å²) in [5, 5.41) is 5.93. The second-order valence-corrected chi connectivity index (χ2v) is 6.34. The van der Waals surface area contributed by atoms with Crippen molar-refractivity contribution in [1.29, 1.82) is 0 Å². The smallest absolute Gasteiger partial charge is 0.233 e. The molecule has 2 rings (SSSR count). The fraction of sp³-hybridized carbons (Fsp3) is 0.263. The molecule has 2 aromatic carbocycles. The number of rotatable bonds is 5. The molecular weight excluding hydrogens is 324 g/mol. The highest BCUT2D eigenvalue weighted by Crippen LogP contribution is 2.27. The molecule has 2 N–H and O–H groups in total. The number of hydrogen-bond donors (Lipinski definition) is 2. The van der Waals surface area contributed by atoms with Crippen molar-refractivity contribution in [2.24, 2.45) is 0 Å². The van der Waals surface area contributed by atoms with Crippen LogP contribution in [0.1, 0.15) is 28.7 Å². The first-order chi connectivity index (χ1) is 11.3. The third kappa shape index (κ3) is 5.10. The number of carbonyl (C=O) groups is 2. The minimum Gasteiger partial charge on any atom is -0.352 e. The van der Waals surface area contributed by atoms with E-state index < -0.39 is 0 Å². The van der Waals surface area contributed by atoms with Crippen molar-refractivity contribution in [3.8, 4) is 0 Å². The van der Waals surface area contributed by atoms with Gasteiger partial charge in [-0.25, -0.2) is 0 Å². The molecule has 24 heavy (non-hydrogen) atoms. The van der Waals surface area contributed by atoms with Gasteiger partial charge >= 0.3 is 0 Å². The lowest BCUT2D eigenvalue weighted by molar-refractivity contribution is -0.126. The van der Waals surface area contributed by atoms with Gasteiger partial charge in [0, 0.05) is 6.54 Å². The summed E-state index contributed by atoms with van der Waals surface area (Å²) >= 11 is 6.16. The van der Waals surface area contributed by atoms with Gasteiger partial charge in [0.2, 0.25) is 11.8 Å². The van der Waals surface area contributed by atoms with Gasteiger partial charge in [-0.1, -0.05) is 47.5 Å². The van der Waals surface area contributed by atoms with E-state index in [4.69, 9.17) is 11.6 Å². The molecule has 0 bridgehead atoms. The van der Waals surface area contributed by atoms with Crippen LogP contribution in [-0.4, -0.2) is 11.8 Å². The second-order valence-electron chi connectivity index (χ2n) is 5.93. The molecule has 0 unspecified atom stereocenters. The van der Waals surface area contributed by atoms with E-state index in [1.54, 1.807) is 6.07 Å². The number of anilines is 1. The van der Waals surface area contributed by atoms with Crippen LogP contribution in [0.25, 0.3) is 0 Å². The third-order valence-corrected chi connectivity index (χ3v) is 3.89. The molecule has 0 aromatic heterocycles. The van der Waals surface area contributed by atoms with Gasteiger partial charge < -0.3 is 10.6 Å². The Kier molecular flexibility index (Phi) is 5.99. The Hall–Kier alpha value is -2.33. The molecule has 0 fully saturated rings. The minimum atomic E-state index is -0.384. The average molecular weight is 345 g/mol. The molecule has 5 heteroatoms. The number of benzene rings is 2. The van der Waals surface area contributed by atoms with E-state index in [0.717, 1.165) is 22.3 Å². The van der Waals surface area contributed by atoms with Crippen LogP contribution in [0.5, 0.6) is 0 Å². The molecule has 2 amide bonds. The van der Waals surface area contributed by atoms with E-state index in [1.165, 1.54) is 0 Å². The van der Waals surface area contributed by atoms with Crippen LogP contribution < -0.4 is 10.6 Å². The lowest BCUT2D eigenvalue weighted by Crippen LogP contribution is -2.28. The van der Waals surface area contributed by atoms with E-state index in [1.807, 2.05) is 51.1 Å². The molecule has 0 saturated heterocycles. The van der Waals surface area contributed by atoms with Crippen LogP contribution in [0.2, 0.25) is 5.02 Å². The fourth-order valence-corrected chi connectivity index (χ4v) is 2.86. The van der Waals surface area contributed by atoms with E-state index in [0.29, 0.717) is 17.3 Å². The summed E-state index contributed by atoms with van der Waals surface area (Å²) in [6.45, 7) is 6.19. The zero-order valence-corrected chi connectivity index (χ0v) is 14.8. The normalized spacial score (nSPS) is 10.3. The first-order valence-corrected chi connectivity index (χ1v) is 8.12. The Bertz CT molecular complexity index is 749. The van der Waals surface area contributed by atoms with Gasteiger partial charge in [0.25, 0.3) is 0 Å². The molecule has 0 aliphatic heterocycles. The van der Waals surface area contributed by atoms with Crippen LogP contribution in [0.4, 0.5) is 5.69 Å². The summed E-state index contributed by atoms with van der Waals surface area (Å²) in [6, 6.07) is 11.6. The number of amides is 2. The SMILES string of the molecule is Cc1cccc(CNC(=O)CC(=O)Nc2c(C)cc(C)cc2Cl)c1. The Labute approximate surface area is 147 Å². The zero-order chi connectivity index (χ0) is 17.7. The summed E-state index contributed by atoms with van der Waals surface area (Å²) in [6.07, 6.45) is -0.241. The van der Waals surface area contributed by atoms with Crippen molar-refractivity contribution in [2.75, 3.05) is 5.32 Å².